The second-order valence-electron chi connectivity index (χ2n) is 7.68. The van der Waals surface area contributed by atoms with E-state index >= 15 is 0 Å². The number of carboxylic acids is 1. The zero-order valence-corrected chi connectivity index (χ0v) is 21.5. The van der Waals surface area contributed by atoms with Gasteiger partial charge in [-0.2, -0.15) is 0 Å². The van der Waals surface area contributed by atoms with Crippen molar-refractivity contribution in [3.8, 4) is 0 Å². The number of methoxy groups -OCH3 is 2. The van der Waals surface area contributed by atoms with Gasteiger partial charge in [0.2, 0.25) is 0 Å². The fourth-order valence-corrected chi connectivity index (χ4v) is 4.31. The SMILES string of the molecule is C.C.COCCCOCC(C)(COC(=O)CCCOC)C(=O)OCc1ccc(SSCC(=O)O)cc1. The van der Waals surface area contributed by atoms with Crippen molar-refractivity contribution in [3.63, 3.8) is 0 Å². The highest BCUT2D eigenvalue weighted by molar-refractivity contribution is 8.76. The molecule has 36 heavy (non-hydrogen) atoms. The van der Waals surface area contributed by atoms with Gasteiger partial charge in [-0.25, -0.2) is 0 Å². The third-order valence-electron chi connectivity index (χ3n) is 4.46. The van der Waals surface area contributed by atoms with Crippen LogP contribution in [0, 0.1) is 5.41 Å². The van der Waals surface area contributed by atoms with Gasteiger partial charge in [-0.1, -0.05) is 48.6 Å². The highest BCUT2D eigenvalue weighted by Crippen LogP contribution is 2.31. The molecule has 11 heteroatoms. The summed E-state index contributed by atoms with van der Waals surface area (Å²) in [5.74, 6) is -1.80. The van der Waals surface area contributed by atoms with Gasteiger partial charge in [0.15, 0.2) is 0 Å². The average molecular weight is 551 g/mol. The number of hydrogen-bond acceptors (Lipinski definition) is 10. The lowest BCUT2D eigenvalue weighted by Gasteiger charge is -2.27. The van der Waals surface area contributed by atoms with E-state index in [0.29, 0.717) is 32.7 Å². The van der Waals surface area contributed by atoms with Crippen LogP contribution >= 0.6 is 21.6 Å². The maximum absolute atomic E-state index is 12.9. The van der Waals surface area contributed by atoms with Crippen LogP contribution in [0.1, 0.15) is 46.6 Å². The van der Waals surface area contributed by atoms with Crippen LogP contribution in [0.2, 0.25) is 0 Å². The Balaban J connectivity index is 0. The van der Waals surface area contributed by atoms with E-state index in [0.717, 1.165) is 10.5 Å². The molecule has 0 aliphatic carbocycles. The van der Waals surface area contributed by atoms with Gasteiger partial charge in [-0.3, -0.25) is 14.4 Å². The van der Waals surface area contributed by atoms with Crippen molar-refractivity contribution in [1.29, 1.82) is 0 Å². The summed E-state index contributed by atoms with van der Waals surface area (Å²) in [6, 6.07) is 7.29. The molecule has 1 rings (SSSR count). The van der Waals surface area contributed by atoms with Crippen molar-refractivity contribution >= 4 is 39.5 Å². The number of carboxylic acid groups (broad SMARTS) is 1. The van der Waals surface area contributed by atoms with E-state index in [1.165, 1.54) is 21.6 Å². The number of carbonyl (C=O) groups is 3. The molecule has 0 aromatic heterocycles. The number of rotatable bonds is 19. The fraction of sp³-hybridized carbons (Fsp3) is 0.640. The number of esters is 2. The van der Waals surface area contributed by atoms with Crippen LogP contribution in [0.25, 0.3) is 0 Å². The molecule has 1 atom stereocenters. The Morgan fingerprint density at radius 1 is 0.917 bits per heavy atom. The average Bonchev–Trinajstić information content (AvgIpc) is 2.82. The van der Waals surface area contributed by atoms with E-state index in [9.17, 15) is 14.4 Å². The van der Waals surface area contributed by atoms with Crippen molar-refractivity contribution in [3.05, 3.63) is 29.8 Å². The lowest BCUT2D eigenvalue weighted by molar-refractivity contribution is -0.168. The Bertz CT molecular complexity index is 744. The zero-order chi connectivity index (χ0) is 25.2. The zero-order valence-electron chi connectivity index (χ0n) is 19.9. The van der Waals surface area contributed by atoms with E-state index in [1.54, 1.807) is 21.1 Å². The molecule has 0 saturated carbocycles. The molecule has 0 saturated heterocycles. The Kier molecular flexibility index (Phi) is 21.5. The van der Waals surface area contributed by atoms with Gasteiger partial charge < -0.3 is 28.8 Å². The normalized spacial score (nSPS) is 12.0. The quantitative estimate of drug-likeness (QED) is 0.145. The predicted octanol–water partition coefficient (Wildman–Crippen LogP) is 4.86. The molecule has 0 heterocycles. The molecule has 0 aliphatic rings. The number of aliphatic carboxylic acids is 1. The predicted molar refractivity (Wildman–Crippen MR) is 143 cm³/mol. The Morgan fingerprint density at radius 3 is 2.17 bits per heavy atom. The minimum atomic E-state index is -1.16. The van der Waals surface area contributed by atoms with Gasteiger partial charge in [-0.05, 0) is 37.5 Å². The van der Waals surface area contributed by atoms with Crippen LogP contribution in [0.3, 0.4) is 0 Å². The molecule has 1 N–H and O–H groups in total. The maximum atomic E-state index is 12.9. The fourth-order valence-electron chi connectivity index (χ4n) is 2.55. The molecule has 0 amide bonds. The van der Waals surface area contributed by atoms with Crippen LogP contribution in [-0.4, -0.2) is 76.0 Å². The number of benzene rings is 1. The summed E-state index contributed by atoms with van der Waals surface area (Å²) < 4.78 is 26.4. The van der Waals surface area contributed by atoms with Gasteiger partial charge in [0.1, 0.15) is 24.4 Å². The summed E-state index contributed by atoms with van der Waals surface area (Å²) in [6.45, 7) is 2.97. The van der Waals surface area contributed by atoms with Gasteiger partial charge in [-0.15, -0.1) is 0 Å². The minimum Gasteiger partial charge on any atom is -0.481 e. The molecule has 208 valence electrons. The smallest absolute Gasteiger partial charge is 0.317 e. The summed E-state index contributed by atoms with van der Waals surface area (Å²) in [6.07, 6.45) is 1.41. The Morgan fingerprint density at radius 2 is 1.56 bits per heavy atom. The number of hydrogen-bond donors (Lipinski definition) is 1. The van der Waals surface area contributed by atoms with Crippen LogP contribution in [-0.2, 0) is 44.7 Å². The van der Waals surface area contributed by atoms with Crippen LogP contribution < -0.4 is 0 Å². The monoisotopic (exact) mass is 550 g/mol. The highest BCUT2D eigenvalue weighted by Gasteiger charge is 2.37. The first kappa shape index (κ1) is 36.4. The topological polar surface area (TPSA) is 118 Å². The van der Waals surface area contributed by atoms with Crippen molar-refractivity contribution < 1.29 is 43.2 Å². The molecule has 1 aromatic rings. The lowest BCUT2D eigenvalue weighted by atomic mass is 9.93. The van der Waals surface area contributed by atoms with Crippen molar-refractivity contribution in [1.82, 2.24) is 0 Å². The molecule has 0 spiro atoms. The summed E-state index contributed by atoms with van der Waals surface area (Å²) in [5.41, 5.74) is -0.381. The second-order valence-corrected chi connectivity index (χ2v) is 10.0. The van der Waals surface area contributed by atoms with Crippen molar-refractivity contribution in [2.24, 2.45) is 5.41 Å². The number of ether oxygens (including phenoxy) is 5. The first-order valence-electron chi connectivity index (χ1n) is 10.8. The van der Waals surface area contributed by atoms with Crippen molar-refractivity contribution in [2.45, 2.75) is 52.5 Å². The largest absolute Gasteiger partial charge is 0.481 e. The first-order chi connectivity index (χ1) is 16.3. The van der Waals surface area contributed by atoms with E-state index < -0.39 is 23.3 Å². The van der Waals surface area contributed by atoms with E-state index in [4.69, 9.17) is 28.8 Å². The standard InChI is InChI=1S/C23H34O9S2.2CH4/c1-23(16-30-13-5-12-29-3,17-32-21(26)6-4-11-28-2)22(27)31-14-18-7-9-19(10-8-18)34-33-15-20(24)25;;/h7-10H,4-6,11-17H2,1-3H3,(H,24,25);2*1H4. The van der Waals surface area contributed by atoms with Gasteiger partial charge in [0.05, 0.1) is 6.61 Å². The molecular formula is C25H42O9S2. The van der Waals surface area contributed by atoms with Gasteiger partial charge in [0.25, 0.3) is 0 Å². The molecule has 9 nitrogen and oxygen atoms in total. The Labute approximate surface area is 223 Å². The second kappa shape index (κ2) is 21.3. The molecule has 0 radical (unpaired) electrons. The van der Waals surface area contributed by atoms with Crippen LogP contribution in [0.15, 0.2) is 29.2 Å². The van der Waals surface area contributed by atoms with Crippen LogP contribution in [0.5, 0.6) is 0 Å². The third kappa shape index (κ3) is 16.1. The Hall–Kier alpha value is -1.79. The van der Waals surface area contributed by atoms with E-state index in [1.807, 2.05) is 24.3 Å². The summed E-state index contributed by atoms with van der Waals surface area (Å²) >= 11 is 0. The minimum absolute atomic E-state index is 0. The van der Waals surface area contributed by atoms with Crippen LogP contribution in [0.4, 0.5) is 0 Å². The van der Waals surface area contributed by atoms with Crippen molar-refractivity contribution in [2.75, 3.05) is 53.0 Å². The molecule has 1 unspecified atom stereocenters. The highest BCUT2D eigenvalue weighted by atomic mass is 33.1. The molecule has 0 aliphatic heterocycles. The molecule has 0 fully saturated rings. The summed E-state index contributed by atoms with van der Waals surface area (Å²) in [4.78, 5) is 36.4. The maximum Gasteiger partial charge on any atom is 0.317 e. The third-order valence-corrected chi connectivity index (χ3v) is 6.69. The molecule has 0 bridgehead atoms. The van der Waals surface area contributed by atoms with E-state index in [-0.39, 0.29) is 46.8 Å². The van der Waals surface area contributed by atoms with Gasteiger partial charge >= 0.3 is 17.9 Å². The van der Waals surface area contributed by atoms with E-state index in [2.05, 4.69) is 0 Å². The first-order valence-corrected chi connectivity index (χ1v) is 13.1. The molecule has 1 aromatic carbocycles. The summed E-state index contributed by atoms with van der Waals surface area (Å²) in [7, 11) is 5.75. The lowest BCUT2D eigenvalue weighted by Crippen LogP contribution is -2.40. The number of carbonyl (C=O) groups excluding carboxylic acids is 2. The molecular weight excluding hydrogens is 508 g/mol. The summed E-state index contributed by atoms with van der Waals surface area (Å²) in [5, 5.41) is 8.70. The van der Waals surface area contributed by atoms with Gasteiger partial charge in [0, 0.05) is 45.4 Å².